The van der Waals surface area contributed by atoms with Gasteiger partial charge in [-0.05, 0) is 82.3 Å². The van der Waals surface area contributed by atoms with E-state index in [1.165, 1.54) is 24.3 Å². The first-order chi connectivity index (χ1) is 26.7. The number of nitrogens with zero attached hydrogens (tertiary/aromatic N) is 3. The number of rotatable bonds is 6. The minimum Gasteiger partial charge on any atom is -0.355 e. The average molecular weight is 806 g/mol. The van der Waals surface area contributed by atoms with Gasteiger partial charge in [-0.15, -0.1) is 0 Å². The largest absolute Gasteiger partial charge is 0.355 e. The van der Waals surface area contributed by atoms with E-state index in [0.29, 0.717) is 41.9 Å². The Labute approximate surface area is 337 Å². The number of sulfone groups is 2. The molecule has 0 aromatic heterocycles. The third kappa shape index (κ3) is 5.81. The second-order valence-corrected chi connectivity index (χ2v) is 22.2. The molecule has 4 atom stereocenters. The molecule has 1 spiro atoms. The first kappa shape index (κ1) is 39.1. The molecule has 4 aromatic rings. The summed E-state index contributed by atoms with van der Waals surface area (Å²) in [6.45, 7) is 12.9. The van der Waals surface area contributed by atoms with Crippen LogP contribution in [0.4, 0.5) is 11.4 Å². The van der Waals surface area contributed by atoms with Gasteiger partial charge in [0.05, 0.1) is 21.5 Å². The summed E-state index contributed by atoms with van der Waals surface area (Å²) in [5, 5.41) is -1.48. The number of fused-ring (bicyclic) bond motifs is 5. The molecule has 0 radical (unpaired) electrons. The van der Waals surface area contributed by atoms with Gasteiger partial charge in [0.2, 0.25) is 5.91 Å². The molecular weight excluding hydrogens is 755 g/mol. The van der Waals surface area contributed by atoms with Crippen LogP contribution >= 0.6 is 0 Å². The number of hydrogen-bond acceptors (Lipinski definition) is 7. The number of carbonyl (C=O) groups excluding carboxylic acids is 2. The topological polar surface area (TPSA) is 112 Å². The predicted molar refractivity (Wildman–Crippen MR) is 224 cm³/mol. The zero-order valence-electron chi connectivity index (χ0n) is 33.9. The van der Waals surface area contributed by atoms with Crippen LogP contribution in [0.2, 0.25) is 0 Å². The summed E-state index contributed by atoms with van der Waals surface area (Å²) in [4.78, 5) is 35.4. The highest BCUT2D eigenvalue weighted by atomic mass is 32.2. The van der Waals surface area contributed by atoms with E-state index in [9.17, 15) is 13.2 Å². The first-order valence-corrected chi connectivity index (χ1v) is 22.8. The molecule has 11 heteroatoms. The van der Waals surface area contributed by atoms with Crippen LogP contribution in [-0.2, 0) is 45.6 Å². The van der Waals surface area contributed by atoms with Crippen molar-refractivity contribution in [2.45, 2.75) is 91.7 Å². The van der Waals surface area contributed by atoms with Gasteiger partial charge < -0.3 is 14.7 Å². The van der Waals surface area contributed by atoms with E-state index < -0.39 is 48.1 Å². The fourth-order valence-electron chi connectivity index (χ4n) is 9.78. The number of benzene rings is 4. The van der Waals surface area contributed by atoms with Crippen LogP contribution in [0, 0.1) is 5.92 Å². The molecule has 4 aliphatic heterocycles. The highest BCUT2D eigenvalue weighted by Crippen LogP contribution is 2.62. The van der Waals surface area contributed by atoms with Gasteiger partial charge in [0.25, 0.3) is 5.91 Å². The zero-order valence-corrected chi connectivity index (χ0v) is 35.5. The minimum atomic E-state index is -4.42. The Morgan fingerprint density at radius 1 is 0.702 bits per heavy atom. The molecule has 57 heavy (non-hydrogen) atoms. The van der Waals surface area contributed by atoms with Gasteiger partial charge in [0.1, 0.15) is 5.25 Å². The van der Waals surface area contributed by atoms with E-state index in [4.69, 9.17) is 0 Å². The molecular formula is C46H51N3O6S2. The van der Waals surface area contributed by atoms with Crippen molar-refractivity contribution in [2.24, 2.45) is 5.92 Å². The van der Waals surface area contributed by atoms with Crippen LogP contribution in [0.25, 0.3) is 0 Å². The lowest BCUT2D eigenvalue weighted by molar-refractivity contribution is -0.129. The van der Waals surface area contributed by atoms with Crippen LogP contribution in [0.3, 0.4) is 0 Å². The third-order valence-corrected chi connectivity index (χ3v) is 16.6. The van der Waals surface area contributed by atoms with E-state index in [0.717, 1.165) is 22.4 Å². The SMILES string of the molecule is CN1C(=O)[C@@H](C2=C3[C@@H](S(=O)(=O)c4ccccc4)[C@H](CS(=O)(=O)c4ccccc4)[C@]4(C(=O)N(C)c5ccc(C(C)(C)C)cc54)N3CCC2)c2cc(C(C)(C)C)ccc21. The molecule has 4 aromatic carbocycles. The average Bonchev–Trinajstić information content (AvgIpc) is 3.70. The Morgan fingerprint density at radius 2 is 1.26 bits per heavy atom. The molecule has 1 fully saturated rings. The number of anilines is 2. The van der Waals surface area contributed by atoms with E-state index in [1.54, 1.807) is 60.3 Å². The van der Waals surface area contributed by atoms with Crippen LogP contribution in [0.1, 0.15) is 82.6 Å². The molecule has 0 N–H and O–H groups in total. The summed E-state index contributed by atoms with van der Waals surface area (Å²) in [6, 6.07) is 28.1. The normalized spacial score (nSPS) is 23.7. The Balaban J connectivity index is 1.50. The molecule has 0 unspecified atom stereocenters. The van der Waals surface area contributed by atoms with E-state index in [-0.39, 0.29) is 32.4 Å². The molecule has 4 aliphatic rings. The zero-order chi connectivity index (χ0) is 41.0. The predicted octanol–water partition coefficient (Wildman–Crippen LogP) is 7.51. The molecule has 2 amide bonds. The summed E-state index contributed by atoms with van der Waals surface area (Å²) in [6.07, 6.45) is 0.938. The highest BCUT2D eigenvalue weighted by Gasteiger charge is 2.70. The van der Waals surface area contributed by atoms with Crippen molar-refractivity contribution >= 4 is 42.9 Å². The summed E-state index contributed by atoms with van der Waals surface area (Å²) in [5.74, 6) is -3.31. The first-order valence-electron chi connectivity index (χ1n) is 19.6. The summed E-state index contributed by atoms with van der Waals surface area (Å²) in [7, 11) is -5.19. The van der Waals surface area contributed by atoms with Crippen molar-refractivity contribution in [3.63, 3.8) is 0 Å². The molecule has 0 aliphatic carbocycles. The van der Waals surface area contributed by atoms with Crippen molar-refractivity contribution in [1.29, 1.82) is 0 Å². The Bertz CT molecular complexity index is 2570. The maximum atomic E-state index is 15.7. The van der Waals surface area contributed by atoms with Crippen molar-refractivity contribution in [2.75, 3.05) is 36.2 Å². The van der Waals surface area contributed by atoms with Gasteiger partial charge in [-0.3, -0.25) is 9.59 Å². The molecule has 0 bridgehead atoms. The second-order valence-electron chi connectivity index (χ2n) is 18.1. The highest BCUT2D eigenvalue weighted by molar-refractivity contribution is 7.93. The molecule has 1 saturated heterocycles. The maximum Gasteiger partial charge on any atom is 0.257 e. The lowest BCUT2D eigenvalue weighted by atomic mass is 9.77. The molecule has 4 heterocycles. The van der Waals surface area contributed by atoms with Gasteiger partial charge >= 0.3 is 0 Å². The number of hydrogen-bond donors (Lipinski definition) is 0. The van der Waals surface area contributed by atoms with Crippen LogP contribution in [0.5, 0.6) is 0 Å². The lowest BCUT2D eigenvalue weighted by Crippen LogP contribution is -2.55. The minimum absolute atomic E-state index is 0.0271. The van der Waals surface area contributed by atoms with Gasteiger partial charge in [0.15, 0.2) is 25.2 Å². The van der Waals surface area contributed by atoms with Crippen molar-refractivity contribution < 1.29 is 26.4 Å². The van der Waals surface area contributed by atoms with Gasteiger partial charge in [0, 0.05) is 49.2 Å². The summed E-state index contributed by atoms with van der Waals surface area (Å²) < 4.78 is 60.9. The number of likely N-dealkylation sites (N-methyl/N-ethyl adjacent to an activating group) is 2. The number of carbonyl (C=O) groups is 2. The van der Waals surface area contributed by atoms with Gasteiger partial charge in [-0.2, -0.15) is 0 Å². The van der Waals surface area contributed by atoms with Crippen molar-refractivity contribution in [3.05, 3.63) is 131 Å². The van der Waals surface area contributed by atoms with E-state index >= 15 is 13.2 Å². The third-order valence-electron chi connectivity index (χ3n) is 12.7. The second kappa shape index (κ2) is 13.1. The van der Waals surface area contributed by atoms with E-state index in [1.807, 2.05) is 35.2 Å². The van der Waals surface area contributed by atoms with Crippen LogP contribution in [-0.4, -0.2) is 65.2 Å². The van der Waals surface area contributed by atoms with Crippen LogP contribution < -0.4 is 9.80 Å². The Kier molecular flexibility index (Phi) is 9.02. The van der Waals surface area contributed by atoms with E-state index in [2.05, 4.69) is 47.6 Å². The quantitative estimate of drug-likeness (QED) is 0.198. The van der Waals surface area contributed by atoms with Crippen molar-refractivity contribution in [1.82, 2.24) is 4.90 Å². The fraction of sp³-hybridized carbons (Fsp3) is 0.391. The number of amides is 2. The van der Waals surface area contributed by atoms with Gasteiger partial charge in [-0.25, -0.2) is 16.8 Å². The molecule has 0 saturated carbocycles. The molecule has 8 rings (SSSR count). The maximum absolute atomic E-state index is 15.7. The Morgan fingerprint density at radius 3 is 1.86 bits per heavy atom. The lowest BCUT2D eigenvalue weighted by Gasteiger charge is -2.42. The molecule has 298 valence electrons. The summed E-state index contributed by atoms with van der Waals surface area (Å²) >= 11 is 0. The van der Waals surface area contributed by atoms with Crippen molar-refractivity contribution in [3.8, 4) is 0 Å². The molecule has 9 nitrogen and oxygen atoms in total. The fourth-order valence-corrected chi connectivity index (χ4v) is 13.7. The summed E-state index contributed by atoms with van der Waals surface area (Å²) in [5.41, 5.74) is 3.40. The van der Waals surface area contributed by atoms with Crippen LogP contribution in [0.15, 0.2) is 118 Å². The smallest absolute Gasteiger partial charge is 0.257 e. The standard InChI is InChI=1S/C46H51N3O6S2/c1-44(2,3)29-21-23-37-34(26-29)39(42(50)47(37)7)33-20-15-25-49-40(33)41(57(54,55)32-18-13-10-14-19-32)36(28-56(52,53)31-16-11-9-12-17-31)46(49)35-27-30(45(4,5)6)22-24-38(35)48(8)43(46)51/h9-14,16-19,21-24,26-27,36,39,41H,15,20,25,28H2,1-8H3/t36-,39-,41-,46+/m0/s1. The Hall–Kier alpha value is -4.74. The van der Waals surface area contributed by atoms with Gasteiger partial charge in [-0.1, -0.05) is 102 Å². The monoisotopic (exact) mass is 805 g/mol.